The van der Waals surface area contributed by atoms with Gasteiger partial charge in [0.2, 0.25) is 0 Å². The van der Waals surface area contributed by atoms with Crippen LogP contribution in [0, 0.1) is 0 Å². The van der Waals surface area contributed by atoms with E-state index >= 15 is 0 Å². The molecule has 0 saturated heterocycles. The van der Waals surface area contributed by atoms with E-state index in [0.29, 0.717) is 17.4 Å². The molecule has 24 heavy (non-hydrogen) atoms. The third kappa shape index (κ3) is 3.15. The molecule has 0 aliphatic carbocycles. The SMILES string of the molecule is CC(C)NC(=O)COC(=O)c1ccc2c(=O)n3c(nc2c1)CCC3. The molecular weight excluding hydrogens is 310 g/mol. The van der Waals surface area contributed by atoms with Gasteiger partial charge in [0.05, 0.1) is 16.5 Å². The number of carbonyl (C=O) groups excluding carboxylic acids is 2. The van der Waals surface area contributed by atoms with Crippen LogP contribution in [-0.4, -0.2) is 34.1 Å². The number of hydrogen-bond acceptors (Lipinski definition) is 5. The number of ether oxygens (including phenoxy) is 1. The molecule has 0 saturated carbocycles. The highest BCUT2D eigenvalue weighted by Crippen LogP contribution is 2.16. The number of fused-ring (bicyclic) bond motifs is 2. The monoisotopic (exact) mass is 329 g/mol. The van der Waals surface area contributed by atoms with Crippen LogP contribution in [0.5, 0.6) is 0 Å². The zero-order chi connectivity index (χ0) is 17.3. The van der Waals surface area contributed by atoms with Gasteiger partial charge in [-0.3, -0.25) is 14.2 Å². The van der Waals surface area contributed by atoms with Gasteiger partial charge >= 0.3 is 5.97 Å². The number of amides is 1. The number of benzene rings is 1. The first-order valence-electron chi connectivity index (χ1n) is 7.95. The highest BCUT2D eigenvalue weighted by Gasteiger charge is 2.18. The minimum atomic E-state index is -0.613. The minimum absolute atomic E-state index is 0.0175. The van der Waals surface area contributed by atoms with Gasteiger partial charge in [0.1, 0.15) is 5.82 Å². The third-order valence-corrected chi connectivity index (χ3v) is 3.84. The van der Waals surface area contributed by atoms with Crippen molar-refractivity contribution in [3.63, 3.8) is 0 Å². The van der Waals surface area contributed by atoms with Crippen molar-refractivity contribution in [2.45, 2.75) is 39.3 Å². The Morgan fingerprint density at radius 3 is 2.92 bits per heavy atom. The molecule has 0 fully saturated rings. The molecule has 2 heterocycles. The smallest absolute Gasteiger partial charge is 0.338 e. The van der Waals surface area contributed by atoms with Crippen LogP contribution < -0.4 is 10.9 Å². The second kappa shape index (κ2) is 6.43. The summed E-state index contributed by atoms with van der Waals surface area (Å²) in [6.45, 7) is 4.00. The third-order valence-electron chi connectivity index (χ3n) is 3.84. The van der Waals surface area contributed by atoms with E-state index in [1.54, 1.807) is 16.7 Å². The zero-order valence-electron chi connectivity index (χ0n) is 13.7. The number of carbonyl (C=O) groups is 2. The molecule has 1 N–H and O–H groups in total. The van der Waals surface area contributed by atoms with Crippen molar-refractivity contribution < 1.29 is 14.3 Å². The average molecular weight is 329 g/mol. The van der Waals surface area contributed by atoms with Crippen LogP contribution in [0.1, 0.15) is 36.5 Å². The second-order valence-corrected chi connectivity index (χ2v) is 6.12. The Kier molecular flexibility index (Phi) is 4.33. The molecule has 1 aromatic heterocycles. The number of nitrogens with zero attached hydrogens (tertiary/aromatic N) is 2. The lowest BCUT2D eigenvalue weighted by Gasteiger charge is -2.09. The lowest BCUT2D eigenvalue weighted by Crippen LogP contribution is -2.34. The Hall–Kier alpha value is -2.70. The number of esters is 1. The number of nitrogens with one attached hydrogen (secondary N) is 1. The Balaban J connectivity index is 1.81. The van der Waals surface area contributed by atoms with E-state index in [0.717, 1.165) is 18.7 Å². The van der Waals surface area contributed by atoms with Crippen LogP contribution in [0.25, 0.3) is 10.9 Å². The summed E-state index contributed by atoms with van der Waals surface area (Å²) in [7, 11) is 0. The molecule has 0 atom stereocenters. The van der Waals surface area contributed by atoms with Gasteiger partial charge in [0.15, 0.2) is 6.61 Å². The molecule has 0 bridgehead atoms. The molecule has 7 nitrogen and oxygen atoms in total. The normalized spacial score (nSPS) is 13.1. The summed E-state index contributed by atoms with van der Waals surface area (Å²) in [6.07, 6.45) is 1.66. The predicted octanol–water partition coefficient (Wildman–Crippen LogP) is 1.02. The van der Waals surface area contributed by atoms with Gasteiger partial charge < -0.3 is 10.1 Å². The Morgan fingerprint density at radius 2 is 2.17 bits per heavy atom. The highest BCUT2D eigenvalue weighted by atomic mass is 16.5. The first-order chi connectivity index (χ1) is 11.5. The fourth-order valence-electron chi connectivity index (χ4n) is 2.79. The molecule has 1 amide bonds. The van der Waals surface area contributed by atoms with Crippen LogP contribution in [0.3, 0.4) is 0 Å². The molecule has 0 spiro atoms. The van der Waals surface area contributed by atoms with E-state index < -0.39 is 5.97 Å². The first-order valence-corrected chi connectivity index (χ1v) is 7.95. The molecule has 1 aliphatic heterocycles. The summed E-state index contributed by atoms with van der Waals surface area (Å²) in [5, 5.41) is 3.12. The minimum Gasteiger partial charge on any atom is -0.452 e. The van der Waals surface area contributed by atoms with Crippen molar-refractivity contribution in [3.05, 3.63) is 39.9 Å². The van der Waals surface area contributed by atoms with Gasteiger partial charge in [-0.25, -0.2) is 9.78 Å². The van der Waals surface area contributed by atoms with Crippen molar-refractivity contribution in [2.24, 2.45) is 0 Å². The van der Waals surface area contributed by atoms with Crippen LogP contribution in [0.15, 0.2) is 23.0 Å². The Bertz CT molecular complexity index is 870. The Morgan fingerprint density at radius 1 is 1.38 bits per heavy atom. The molecule has 0 unspecified atom stereocenters. The van der Waals surface area contributed by atoms with Crippen LogP contribution >= 0.6 is 0 Å². The van der Waals surface area contributed by atoms with E-state index in [-0.39, 0.29) is 29.7 Å². The van der Waals surface area contributed by atoms with Crippen molar-refractivity contribution in [1.82, 2.24) is 14.9 Å². The summed E-state index contributed by atoms with van der Waals surface area (Å²) in [6, 6.07) is 4.63. The van der Waals surface area contributed by atoms with Crippen LogP contribution in [-0.2, 0) is 22.5 Å². The lowest BCUT2D eigenvalue weighted by molar-refractivity contribution is -0.124. The zero-order valence-corrected chi connectivity index (χ0v) is 13.7. The van der Waals surface area contributed by atoms with Crippen molar-refractivity contribution >= 4 is 22.8 Å². The van der Waals surface area contributed by atoms with Crippen LogP contribution in [0.2, 0.25) is 0 Å². The maximum Gasteiger partial charge on any atom is 0.338 e. The summed E-state index contributed by atoms with van der Waals surface area (Å²) in [5.74, 6) is -0.221. The van der Waals surface area contributed by atoms with E-state index in [1.807, 2.05) is 13.8 Å². The van der Waals surface area contributed by atoms with E-state index in [1.165, 1.54) is 6.07 Å². The number of aryl methyl sites for hydroxylation is 1. The lowest BCUT2D eigenvalue weighted by atomic mass is 10.1. The number of aromatic nitrogens is 2. The summed E-state index contributed by atoms with van der Waals surface area (Å²) in [4.78, 5) is 40.5. The fourth-order valence-corrected chi connectivity index (χ4v) is 2.79. The fraction of sp³-hybridized carbons (Fsp3) is 0.412. The van der Waals surface area contributed by atoms with Gasteiger partial charge in [0.25, 0.3) is 11.5 Å². The molecule has 0 radical (unpaired) electrons. The van der Waals surface area contributed by atoms with E-state index in [4.69, 9.17) is 4.74 Å². The van der Waals surface area contributed by atoms with Crippen LogP contribution in [0.4, 0.5) is 0 Å². The van der Waals surface area contributed by atoms with E-state index in [9.17, 15) is 14.4 Å². The summed E-state index contributed by atoms with van der Waals surface area (Å²) >= 11 is 0. The van der Waals surface area contributed by atoms with Gasteiger partial charge in [-0.1, -0.05) is 0 Å². The standard InChI is InChI=1S/C17H19N3O4/c1-10(2)18-15(21)9-24-17(23)11-5-6-12-13(8-11)19-14-4-3-7-20(14)16(12)22/h5-6,8,10H,3-4,7,9H2,1-2H3,(H,18,21). The quantitative estimate of drug-likeness (QED) is 0.846. The number of rotatable bonds is 4. The topological polar surface area (TPSA) is 90.3 Å². The van der Waals surface area contributed by atoms with Gasteiger partial charge in [0, 0.05) is 19.0 Å². The molecule has 126 valence electrons. The maximum atomic E-state index is 12.4. The first kappa shape index (κ1) is 16.2. The van der Waals surface area contributed by atoms with Crippen molar-refractivity contribution in [1.29, 1.82) is 0 Å². The van der Waals surface area contributed by atoms with Gasteiger partial charge in [-0.15, -0.1) is 0 Å². The predicted molar refractivity (Wildman–Crippen MR) is 87.9 cm³/mol. The largest absolute Gasteiger partial charge is 0.452 e. The van der Waals surface area contributed by atoms with Crippen molar-refractivity contribution in [3.8, 4) is 0 Å². The molecular formula is C17H19N3O4. The maximum absolute atomic E-state index is 12.4. The molecule has 2 aromatic rings. The summed E-state index contributed by atoms with van der Waals surface area (Å²) < 4.78 is 6.68. The highest BCUT2D eigenvalue weighted by molar-refractivity contribution is 5.95. The van der Waals surface area contributed by atoms with Gasteiger partial charge in [-0.05, 0) is 38.5 Å². The van der Waals surface area contributed by atoms with Crippen molar-refractivity contribution in [2.75, 3.05) is 6.61 Å². The average Bonchev–Trinajstić information content (AvgIpc) is 3.00. The molecule has 3 rings (SSSR count). The van der Waals surface area contributed by atoms with E-state index in [2.05, 4.69) is 10.3 Å². The second-order valence-electron chi connectivity index (χ2n) is 6.12. The molecule has 1 aliphatic rings. The Labute approximate surface area is 138 Å². The summed E-state index contributed by atoms with van der Waals surface area (Å²) in [5.41, 5.74) is 0.674. The molecule has 1 aromatic carbocycles. The number of hydrogen-bond donors (Lipinski definition) is 1. The molecule has 7 heteroatoms. The van der Waals surface area contributed by atoms with Gasteiger partial charge in [-0.2, -0.15) is 0 Å².